The summed E-state index contributed by atoms with van der Waals surface area (Å²) in [6, 6.07) is 27.5. The van der Waals surface area contributed by atoms with Gasteiger partial charge in [0.2, 0.25) is 0 Å². The van der Waals surface area contributed by atoms with E-state index < -0.39 is 0 Å². The lowest BCUT2D eigenvalue weighted by Crippen LogP contribution is -2.42. The van der Waals surface area contributed by atoms with E-state index in [1.807, 2.05) is 72.8 Å². The molecule has 6 heteroatoms. The first kappa shape index (κ1) is 18.7. The molecule has 2 aromatic heterocycles. The molecular formula is C26H18N4OS. The van der Waals surface area contributed by atoms with Crippen LogP contribution in [0.15, 0.2) is 91.1 Å². The maximum Gasteiger partial charge on any atom is 0.320 e. The van der Waals surface area contributed by atoms with Crippen molar-refractivity contribution in [3.05, 3.63) is 107 Å². The molecule has 3 heterocycles. The molecule has 0 unspecified atom stereocenters. The van der Waals surface area contributed by atoms with Crippen LogP contribution in [-0.2, 0) is 0 Å². The fourth-order valence-corrected chi connectivity index (χ4v) is 5.19. The fourth-order valence-electron chi connectivity index (χ4n) is 4.14. The average molecular weight is 435 g/mol. The molecule has 154 valence electrons. The van der Waals surface area contributed by atoms with Crippen LogP contribution < -0.4 is 10.6 Å². The minimum absolute atomic E-state index is 0.231. The van der Waals surface area contributed by atoms with Gasteiger partial charge in [-0.1, -0.05) is 54.6 Å². The number of carbonyl (C=O) groups is 1. The smallest absolute Gasteiger partial charge is 0.320 e. The fraction of sp³-hybridized carbons (Fsp3) is 0.0385. The van der Waals surface area contributed by atoms with Crippen molar-refractivity contribution in [1.82, 2.24) is 20.6 Å². The van der Waals surface area contributed by atoms with Crippen molar-refractivity contribution in [1.29, 1.82) is 0 Å². The molecule has 5 nitrogen and oxygen atoms in total. The van der Waals surface area contributed by atoms with E-state index in [2.05, 4.69) is 27.8 Å². The summed E-state index contributed by atoms with van der Waals surface area (Å²) in [6.45, 7) is 0. The number of nitrogens with zero attached hydrogens (tertiary/aromatic N) is 2. The van der Waals surface area contributed by atoms with Crippen LogP contribution in [0.2, 0.25) is 0 Å². The molecule has 1 atom stereocenters. The first-order valence-corrected chi connectivity index (χ1v) is 11.2. The number of rotatable bonds is 3. The van der Waals surface area contributed by atoms with Crippen molar-refractivity contribution in [2.45, 2.75) is 6.04 Å². The summed E-state index contributed by atoms with van der Waals surface area (Å²) in [5.74, 6) is 0. The summed E-state index contributed by atoms with van der Waals surface area (Å²) in [7, 11) is 0. The van der Waals surface area contributed by atoms with Crippen molar-refractivity contribution in [3.8, 4) is 0 Å². The molecule has 0 saturated carbocycles. The molecule has 2 N–H and O–H groups in total. The molecule has 32 heavy (non-hydrogen) atoms. The van der Waals surface area contributed by atoms with E-state index in [9.17, 15) is 4.79 Å². The van der Waals surface area contributed by atoms with Crippen molar-refractivity contribution in [3.63, 3.8) is 0 Å². The van der Waals surface area contributed by atoms with E-state index in [1.54, 1.807) is 17.5 Å². The lowest BCUT2D eigenvalue weighted by Gasteiger charge is -2.30. The first-order chi connectivity index (χ1) is 15.8. The Labute approximate surface area is 188 Å². The lowest BCUT2D eigenvalue weighted by molar-refractivity contribution is 0.242. The topological polar surface area (TPSA) is 66.9 Å². The van der Waals surface area contributed by atoms with Gasteiger partial charge in [-0.05, 0) is 41.5 Å². The highest BCUT2D eigenvalue weighted by Gasteiger charge is 2.32. The van der Waals surface area contributed by atoms with Crippen LogP contribution in [0.4, 0.5) is 4.79 Å². The number of aromatic nitrogens is 2. The van der Waals surface area contributed by atoms with Gasteiger partial charge >= 0.3 is 6.03 Å². The zero-order valence-electron chi connectivity index (χ0n) is 16.9. The van der Waals surface area contributed by atoms with Gasteiger partial charge in [0.1, 0.15) is 5.01 Å². The molecule has 0 aliphatic carbocycles. The average Bonchev–Trinajstić information content (AvgIpc) is 3.27. The van der Waals surface area contributed by atoms with Gasteiger partial charge in [0.05, 0.1) is 27.5 Å². The predicted molar refractivity (Wildman–Crippen MR) is 129 cm³/mol. The Morgan fingerprint density at radius 3 is 2.56 bits per heavy atom. The molecule has 2 amide bonds. The molecule has 3 aromatic carbocycles. The van der Waals surface area contributed by atoms with E-state index in [0.717, 1.165) is 48.5 Å². The largest absolute Gasteiger partial charge is 0.327 e. The third kappa shape index (κ3) is 3.21. The SMILES string of the molecule is O=C1NC(c2ccccc2)=C(c2nc3ccccc3s2)[C@H](c2ccc3ncccc3c2)N1. The second kappa shape index (κ2) is 7.59. The maximum atomic E-state index is 12.8. The highest BCUT2D eigenvalue weighted by atomic mass is 32.1. The Kier molecular flexibility index (Phi) is 4.44. The van der Waals surface area contributed by atoms with E-state index in [0.29, 0.717) is 0 Å². The van der Waals surface area contributed by atoms with Gasteiger partial charge in [0.15, 0.2) is 0 Å². The van der Waals surface area contributed by atoms with Gasteiger partial charge < -0.3 is 10.6 Å². The number of fused-ring (bicyclic) bond motifs is 2. The molecule has 1 aliphatic rings. The third-order valence-electron chi connectivity index (χ3n) is 5.62. The van der Waals surface area contributed by atoms with E-state index in [-0.39, 0.29) is 12.1 Å². The van der Waals surface area contributed by atoms with Crippen molar-refractivity contribution < 1.29 is 4.79 Å². The summed E-state index contributed by atoms with van der Waals surface area (Å²) < 4.78 is 1.11. The van der Waals surface area contributed by atoms with E-state index in [1.165, 1.54) is 0 Å². The monoisotopic (exact) mass is 434 g/mol. The van der Waals surface area contributed by atoms with Gasteiger partial charge in [-0.2, -0.15) is 0 Å². The number of carbonyl (C=O) groups excluding carboxylic acids is 1. The Hall–Kier alpha value is -4.03. The summed E-state index contributed by atoms with van der Waals surface area (Å²) in [4.78, 5) is 22.1. The Bertz CT molecular complexity index is 1470. The molecule has 0 fully saturated rings. The summed E-state index contributed by atoms with van der Waals surface area (Å²) >= 11 is 1.63. The highest BCUT2D eigenvalue weighted by molar-refractivity contribution is 7.19. The molecule has 0 bridgehead atoms. The Morgan fingerprint density at radius 1 is 0.844 bits per heavy atom. The van der Waals surface area contributed by atoms with Crippen LogP contribution in [0, 0.1) is 0 Å². The number of thiazole rings is 1. The highest BCUT2D eigenvalue weighted by Crippen LogP contribution is 2.41. The van der Waals surface area contributed by atoms with Gasteiger partial charge in [-0.15, -0.1) is 11.3 Å². The van der Waals surface area contributed by atoms with Gasteiger partial charge in [0, 0.05) is 17.2 Å². The summed E-state index contributed by atoms with van der Waals surface area (Å²) in [5.41, 5.74) is 5.55. The van der Waals surface area contributed by atoms with Gasteiger partial charge in [-0.25, -0.2) is 9.78 Å². The number of urea groups is 1. The Balaban J connectivity index is 1.61. The van der Waals surface area contributed by atoms with Crippen LogP contribution >= 0.6 is 11.3 Å². The van der Waals surface area contributed by atoms with Gasteiger partial charge in [-0.3, -0.25) is 4.98 Å². The third-order valence-corrected chi connectivity index (χ3v) is 6.69. The molecule has 6 rings (SSSR count). The van der Waals surface area contributed by atoms with Crippen molar-refractivity contribution in [2.75, 3.05) is 0 Å². The zero-order chi connectivity index (χ0) is 21.5. The first-order valence-electron chi connectivity index (χ1n) is 10.3. The van der Waals surface area contributed by atoms with Crippen LogP contribution in [0.1, 0.15) is 22.2 Å². The summed E-state index contributed by atoms with van der Waals surface area (Å²) in [5, 5.41) is 8.09. The Morgan fingerprint density at radius 2 is 1.69 bits per heavy atom. The zero-order valence-corrected chi connectivity index (χ0v) is 17.8. The second-order valence-corrected chi connectivity index (χ2v) is 8.66. The second-order valence-electron chi connectivity index (χ2n) is 7.63. The van der Waals surface area contributed by atoms with Crippen LogP contribution in [-0.4, -0.2) is 16.0 Å². The number of para-hydroxylation sites is 1. The quantitative estimate of drug-likeness (QED) is 0.379. The maximum absolute atomic E-state index is 12.8. The standard InChI is InChI=1S/C26H18N4OS/c31-26-29-23(16-7-2-1-3-8-16)22(25-28-20-10-4-5-11-21(20)32-25)24(30-26)18-12-13-19-17(15-18)9-6-14-27-19/h1-15,24H,(H2,29,30,31)/t24-/m0/s1. The molecule has 0 spiro atoms. The predicted octanol–water partition coefficient (Wildman–Crippen LogP) is 5.77. The van der Waals surface area contributed by atoms with E-state index in [4.69, 9.17) is 4.98 Å². The summed E-state index contributed by atoms with van der Waals surface area (Å²) in [6.07, 6.45) is 1.79. The number of amides is 2. The number of benzene rings is 3. The molecule has 1 aliphatic heterocycles. The van der Waals surface area contributed by atoms with E-state index >= 15 is 0 Å². The normalized spacial score (nSPS) is 16.2. The molecule has 5 aromatic rings. The molecule has 0 radical (unpaired) electrons. The minimum Gasteiger partial charge on any atom is -0.327 e. The number of nitrogens with one attached hydrogen (secondary N) is 2. The van der Waals surface area contributed by atoms with Crippen molar-refractivity contribution in [2.24, 2.45) is 0 Å². The molecule has 0 saturated heterocycles. The van der Waals surface area contributed by atoms with Crippen molar-refractivity contribution >= 4 is 49.8 Å². The minimum atomic E-state index is -0.343. The van der Waals surface area contributed by atoms with Crippen LogP contribution in [0.5, 0.6) is 0 Å². The van der Waals surface area contributed by atoms with Crippen LogP contribution in [0.25, 0.3) is 32.4 Å². The lowest BCUT2D eigenvalue weighted by atomic mass is 9.92. The van der Waals surface area contributed by atoms with Crippen LogP contribution in [0.3, 0.4) is 0 Å². The number of hydrogen-bond donors (Lipinski definition) is 2. The number of hydrogen-bond acceptors (Lipinski definition) is 4. The molecular weight excluding hydrogens is 416 g/mol. The number of pyridine rings is 1. The van der Waals surface area contributed by atoms with Gasteiger partial charge in [0.25, 0.3) is 0 Å².